The zero-order valence-corrected chi connectivity index (χ0v) is 24.0. The first kappa shape index (κ1) is 31.4. The van der Waals surface area contributed by atoms with Crippen LogP contribution in [0.1, 0.15) is 42.4 Å². The van der Waals surface area contributed by atoms with Gasteiger partial charge in [-0.15, -0.1) is 0 Å². The summed E-state index contributed by atoms with van der Waals surface area (Å²) in [6.45, 7) is 11.0. The Hall–Kier alpha value is -1.08. The Morgan fingerprint density at radius 1 is 1.05 bits per heavy atom. The van der Waals surface area contributed by atoms with Gasteiger partial charge in [0.25, 0.3) is 8.53 Å². The van der Waals surface area contributed by atoms with Crippen molar-refractivity contribution in [2.75, 3.05) is 60.0 Å². The van der Waals surface area contributed by atoms with E-state index in [1.807, 2.05) is 32.4 Å². The highest BCUT2D eigenvalue weighted by Gasteiger charge is 2.50. The van der Waals surface area contributed by atoms with Gasteiger partial charge in [0.15, 0.2) is 18.2 Å². The third-order valence-electron chi connectivity index (χ3n) is 5.64. The Kier molecular flexibility index (Phi) is 14.5. The molecule has 2 rings (SSSR count). The molecule has 38 heavy (non-hydrogen) atoms. The average molecular weight is 568 g/mol. The molecule has 0 aromatic carbocycles. The number of carbonyl (C=O) groups excluding carboxylic acids is 2. The molecule has 11 nitrogen and oxygen atoms in total. The third-order valence-corrected chi connectivity index (χ3v) is 7.77. The van der Waals surface area contributed by atoms with E-state index in [2.05, 4.69) is 0 Å². The van der Waals surface area contributed by atoms with E-state index in [-0.39, 0.29) is 44.4 Å². The number of ketones is 1. The molecule has 0 spiro atoms. The summed E-state index contributed by atoms with van der Waals surface area (Å²) in [6.07, 6.45) is -2.94. The molecule has 5 atom stereocenters. The summed E-state index contributed by atoms with van der Waals surface area (Å²) in [6, 6.07) is 0.0552. The number of ether oxygens (including phenoxy) is 5. The van der Waals surface area contributed by atoms with Crippen molar-refractivity contribution >= 4 is 20.2 Å². The van der Waals surface area contributed by atoms with E-state index in [0.717, 1.165) is 4.90 Å². The molecular weight excluding hydrogens is 522 g/mol. The maximum absolute atomic E-state index is 15.7. The maximum atomic E-state index is 15.7. The van der Waals surface area contributed by atoms with Crippen LogP contribution in [-0.2, 0) is 42.3 Å². The molecule has 0 aromatic heterocycles. The van der Waals surface area contributed by atoms with Crippen LogP contribution in [0.25, 0.3) is 0 Å². The fourth-order valence-corrected chi connectivity index (χ4v) is 5.65. The summed E-state index contributed by atoms with van der Waals surface area (Å²) in [7, 11) is -0.131. The smallest absolute Gasteiger partial charge is 0.259 e. The van der Waals surface area contributed by atoms with E-state index in [1.54, 1.807) is 7.11 Å². The van der Waals surface area contributed by atoms with Crippen molar-refractivity contribution in [1.82, 2.24) is 9.57 Å². The van der Waals surface area contributed by atoms with E-state index in [4.69, 9.17) is 34.1 Å². The third kappa shape index (κ3) is 10.5. The van der Waals surface area contributed by atoms with Gasteiger partial charge < -0.3 is 32.7 Å². The van der Waals surface area contributed by atoms with Crippen molar-refractivity contribution in [2.45, 2.75) is 77.7 Å². The average Bonchev–Trinajstić information content (AvgIpc) is 3.19. The maximum Gasteiger partial charge on any atom is 0.259 e. The van der Waals surface area contributed by atoms with Gasteiger partial charge >= 0.3 is 0 Å². The predicted octanol–water partition coefficient (Wildman–Crippen LogP) is 2.83. The molecular formula is C25H44FN2O9P. The topological polar surface area (TPSA) is 105 Å². The van der Waals surface area contributed by atoms with Crippen LogP contribution in [0, 0.1) is 0 Å². The zero-order chi connectivity index (χ0) is 28.8. The van der Waals surface area contributed by atoms with Crippen molar-refractivity contribution < 1.29 is 48.1 Å². The lowest BCUT2D eigenvalue weighted by Crippen LogP contribution is -2.45. The molecule has 0 saturated carbocycles. The first-order valence-electron chi connectivity index (χ1n) is 13.6. The molecule has 0 aromatic rings. The second-order valence-corrected chi connectivity index (χ2v) is 10.7. The lowest BCUT2D eigenvalue weighted by Gasteiger charge is -2.37. The van der Waals surface area contributed by atoms with Gasteiger partial charge in [0.2, 0.25) is 5.91 Å². The molecule has 5 unspecified atom stereocenters. The van der Waals surface area contributed by atoms with Crippen LogP contribution in [0.5, 0.6) is 0 Å². The Balaban J connectivity index is 1.90. The summed E-state index contributed by atoms with van der Waals surface area (Å²) in [5.74, 6) is -0.902. The van der Waals surface area contributed by atoms with Gasteiger partial charge in [-0.05, 0) is 40.7 Å². The molecule has 1 amide bonds. The van der Waals surface area contributed by atoms with Gasteiger partial charge in [0, 0.05) is 26.8 Å². The second kappa shape index (κ2) is 17.6. The minimum absolute atomic E-state index is 0.0276. The molecule has 0 bridgehead atoms. The molecule has 1 fully saturated rings. The first-order valence-corrected chi connectivity index (χ1v) is 14.0. The van der Waals surface area contributed by atoms with Crippen LogP contribution in [0.2, 0.25) is 0 Å². The lowest BCUT2D eigenvalue weighted by atomic mass is 10.1. The van der Waals surface area contributed by atoms with Crippen molar-refractivity contribution in [2.24, 2.45) is 0 Å². The fourth-order valence-electron chi connectivity index (χ4n) is 3.90. The standard InChI is InChI=1S/C25H44FN2O9P/c1-18(2)28(19(3)4)38(35-16-15-34-14-13-33-12-11-32-10-9-31-6)37-24-20(5)36-25(23(24)26)27-8-7-21(29)17-22(27)30/h7-8,18-20,23-25H,9-17H2,1-6H3/i5D. The summed E-state index contributed by atoms with van der Waals surface area (Å²) >= 11 is 0. The summed E-state index contributed by atoms with van der Waals surface area (Å²) in [5, 5.41) is 0. The number of amides is 1. The van der Waals surface area contributed by atoms with E-state index in [1.165, 1.54) is 12.3 Å². The van der Waals surface area contributed by atoms with Crippen molar-refractivity contribution in [3.8, 4) is 0 Å². The summed E-state index contributed by atoms with van der Waals surface area (Å²) in [5.41, 5.74) is 0. The van der Waals surface area contributed by atoms with Gasteiger partial charge in [-0.2, -0.15) is 0 Å². The summed E-state index contributed by atoms with van der Waals surface area (Å²) < 4.78 is 64.9. The van der Waals surface area contributed by atoms with E-state index >= 15 is 4.39 Å². The number of alkyl halides is 1. The highest BCUT2D eigenvalue weighted by molar-refractivity contribution is 7.44. The molecule has 13 heteroatoms. The van der Waals surface area contributed by atoms with Crippen molar-refractivity contribution in [3.63, 3.8) is 0 Å². The highest BCUT2D eigenvalue weighted by atomic mass is 31.2. The molecule has 220 valence electrons. The van der Waals surface area contributed by atoms with Crippen molar-refractivity contribution in [1.29, 1.82) is 0 Å². The van der Waals surface area contributed by atoms with E-state index in [0.29, 0.717) is 39.6 Å². The monoisotopic (exact) mass is 567 g/mol. The Morgan fingerprint density at radius 3 is 2.16 bits per heavy atom. The molecule has 0 radical (unpaired) electrons. The van der Waals surface area contributed by atoms with Crippen molar-refractivity contribution in [3.05, 3.63) is 12.3 Å². The minimum atomic E-state index is -1.75. The molecule has 2 aliphatic rings. The van der Waals surface area contributed by atoms with Crippen LogP contribution >= 0.6 is 8.53 Å². The fraction of sp³-hybridized carbons (Fsp3) is 0.840. The Bertz CT molecular complexity index is 759. The number of hydrogen-bond acceptors (Lipinski definition) is 10. The predicted molar refractivity (Wildman–Crippen MR) is 139 cm³/mol. The largest absolute Gasteiger partial charge is 0.382 e. The second-order valence-electron chi connectivity index (χ2n) is 9.31. The first-order chi connectivity index (χ1) is 18.7. The van der Waals surface area contributed by atoms with Crippen LogP contribution in [0.3, 0.4) is 0 Å². The van der Waals surface area contributed by atoms with Gasteiger partial charge in [-0.3, -0.25) is 14.5 Å². The van der Waals surface area contributed by atoms with E-state index in [9.17, 15) is 9.59 Å². The van der Waals surface area contributed by atoms with E-state index < -0.39 is 39.0 Å². The van der Waals surface area contributed by atoms with Crippen LogP contribution < -0.4 is 0 Å². The van der Waals surface area contributed by atoms with Gasteiger partial charge in [0.1, 0.15) is 6.10 Å². The Labute approximate surface area is 228 Å². The number of rotatable bonds is 19. The quantitative estimate of drug-likeness (QED) is 0.131. The van der Waals surface area contributed by atoms with Crippen LogP contribution in [-0.4, -0.2) is 118 Å². The molecule has 0 aliphatic carbocycles. The van der Waals surface area contributed by atoms with Gasteiger partial charge in [-0.1, -0.05) is 0 Å². The number of hydrogen-bond donors (Lipinski definition) is 0. The molecule has 2 aliphatic heterocycles. The normalized spacial score (nSPS) is 25.3. The number of methoxy groups -OCH3 is 1. The zero-order valence-electron chi connectivity index (χ0n) is 24.1. The minimum Gasteiger partial charge on any atom is -0.382 e. The number of halogens is 1. The molecule has 0 N–H and O–H groups in total. The molecule has 2 heterocycles. The lowest BCUT2D eigenvalue weighted by molar-refractivity contribution is -0.145. The van der Waals surface area contributed by atoms with Crippen LogP contribution in [0.15, 0.2) is 12.3 Å². The highest BCUT2D eigenvalue weighted by Crippen LogP contribution is 2.49. The van der Waals surface area contributed by atoms with Gasteiger partial charge in [-0.25, -0.2) is 9.06 Å². The SMILES string of the molecule is [2H]CC1OC(N2C=CC(=O)CC2=O)C(F)C1OP(OCCOCCOCCOCCOC)N(C(C)C)C(C)C. The molecule has 1 saturated heterocycles. The number of carbonyl (C=O) groups is 2. The summed E-state index contributed by atoms with van der Waals surface area (Å²) in [4.78, 5) is 25.0. The van der Waals surface area contributed by atoms with Gasteiger partial charge in [0.05, 0.1) is 65.4 Å². The number of nitrogens with zero attached hydrogens (tertiary/aromatic N) is 2. The Morgan fingerprint density at radius 2 is 1.63 bits per heavy atom. The number of allylic oxidation sites excluding steroid dienone is 1. The van der Waals surface area contributed by atoms with Crippen LogP contribution in [0.4, 0.5) is 4.39 Å².